The molecule has 4 nitrogen and oxygen atoms in total. The second-order valence-corrected chi connectivity index (χ2v) is 5.22. The van der Waals surface area contributed by atoms with E-state index in [9.17, 15) is 4.79 Å². The fourth-order valence-corrected chi connectivity index (χ4v) is 2.78. The van der Waals surface area contributed by atoms with Crippen molar-refractivity contribution in [2.24, 2.45) is 5.92 Å². The maximum Gasteiger partial charge on any atom is 0.223 e. The molecule has 1 aliphatic heterocycles. The first-order valence-electron chi connectivity index (χ1n) is 7.07. The third-order valence-corrected chi connectivity index (χ3v) is 3.91. The Hall–Kier alpha value is -0.610. The molecule has 2 rings (SSSR count). The van der Waals surface area contributed by atoms with Crippen LogP contribution in [0.25, 0.3) is 0 Å². The van der Waals surface area contributed by atoms with Crippen LogP contribution in [-0.4, -0.2) is 50.1 Å². The van der Waals surface area contributed by atoms with Crippen LogP contribution in [0.15, 0.2) is 0 Å². The summed E-state index contributed by atoms with van der Waals surface area (Å²) < 4.78 is 0. The largest absolute Gasteiger partial charge is 0.355 e. The van der Waals surface area contributed by atoms with Gasteiger partial charge < -0.3 is 10.6 Å². The van der Waals surface area contributed by atoms with Gasteiger partial charge in [0.05, 0.1) is 0 Å². The second-order valence-electron chi connectivity index (χ2n) is 5.22. The first-order valence-corrected chi connectivity index (χ1v) is 7.07. The van der Waals surface area contributed by atoms with Gasteiger partial charge in [-0.25, -0.2) is 0 Å². The number of rotatable bonds is 4. The summed E-state index contributed by atoms with van der Waals surface area (Å²) in [6, 6.07) is 0. The van der Waals surface area contributed by atoms with Crippen molar-refractivity contribution in [3.05, 3.63) is 0 Å². The molecule has 2 aliphatic rings. The number of carbonyl (C=O) groups is 1. The summed E-state index contributed by atoms with van der Waals surface area (Å²) in [5.74, 6) is 0.589. The maximum atomic E-state index is 11.9. The zero-order valence-corrected chi connectivity index (χ0v) is 10.7. The van der Waals surface area contributed by atoms with E-state index in [0.29, 0.717) is 11.8 Å². The van der Waals surface area contributed by atoms with Crippen LogP contribution < -0.4 is 10.6 Å². The lowest BCUT2D eigenvalue weighted by Crippen LogP contribution is -2.46. The van der Waals surface area contributed by atoms with E-state index in [1.165, 1.54) is 19.3 Å². The zero-order chi connectivity index (χ0) is 11.9. The number of nitrogens with zero attached hydrogens (tertiary/aromatic N) is 1. The summed E-state index contributed by atoms with van der Waals surface area (Å²) in [5.41, 5.74) is 0. The van der Waals surface area contributed by atoms with E-state index in [2.05, 4.69) is 15.5 Å². The molecule has 2 fully saturated rings. The predicted octanol–water partition coefficient (Wildman–Crippen LogP) is 0.588. The molecule has 1 saturated heterocycles. The number of hydrogen-bond donors (Lipinski definition) is 2. The lowest BCUT2D eigenvalue weighted by molar-refractivity contribution is -0.125. The Kier molecular flexibility index (Phi) is 5.26. The minimum absolute atomic E-state index is 0.292. The van der Waals surface area contributed by atoms with Crippen molar-refractivity contribution in [3.63, 3.8) is 0 Å². The van der Waals surface area contributed by atoms with Crippen molar-refractivity contribution in [2.45, 2.75) is 32.1 Å². The van der Waals surface area contributed by atoms with Crippen LogP contribution in [0.2, 0.25) is 0 Å². The summed E-state index contributed by atoms with van der Waals surface area (Å²) >= 11 is 0. The average molecular weight is 239 g/mol. The van der Waals surface area contributed by atoms with E-state index < -0.39 is 0 Å². The number of carbonyl (C=O) groups excluding carboxylic acids is 1. The molecule has 0 bridgehead atoms. The maximum absolute atomic E-state index is 11.9. The molecule has 4 heteroatoms. The molecular weight excluding hydrogens is 214 g/mol. The van der Waals surface area contributed by atoms with Crippen LogP contribution in [0.5, 0.6) is 0 Å². The Labute approximate surface area is 104 Å². The molecule has 2 N–H and O–H groups in total. The van der Waals surface area contributed by atoms with Crippen LogP contribution >= 0.6 is 0 Å². The fourth-order valence-electron chi connectivity index (χ4n) is 2.78. The van der Waals surface area contributed by atoms with Crippen molar-refractivity contribution in [1.29, 1.82) is 0 Å². The van der Waals surface area contributed by atoms with E-state index in [1.807, 2.05) is 0 Å². The molecule has 0 unspecified atom stereocenters. The Bertz CT molecular complexity index is 233. The highest BCUT2D eigenvalue weighted by Gasteiger charge is 2.20. The van der Waals surface area contributed by atoms with Crippen LogP contribution in [0, 0.1) is 5.92 Å². The summed E-state index contributed by atoms with van der Waals surface area (Å²) in [6.45, 7) is 6.20. The lowest BCUT2D eigenvalue weighted by Gasteiger charge is -2.27. The quantitative estimate of drug-likeness (QED) is 0.754. The van der Waals surface area contributed by atoms with Crippen LogP contribution in [0.1, 0.15) is 32.1 Å². The fraction of sp³-hybridized carbons (Fsp3) is 0.923. The number of hydrogen-bond acceptors (Lipinski definition) is 3. The van der Waals surface area contributed by atoms with Gasteiger partial charge in [0.1, 0.15) is 0 Å². The first-order chi connectivity index (χ1) is 8.36. The highest BCUT2D eigenvalue weighted by Crippen LogP contribution is 2.23. The smallest absolute Gasteiger partial charge is 0.223 e. The highest BCUT2D eigenvalue weighted by atomic mass is 16.1. The van der Waals surface area contributed by atoms with Crippen molar-refractivity contribution in [2.75, 3.05) is 39.3 Å². The van der Waals surface area contributed by atoms with Gasteiger partial charge in [0.2, 0.25) is 5.91 Å². The predicted molar refractivity (Wildman–Crippen MR) is 68.9 cm³/mol. The van der Waals surface area contributed by atoms with E-state index >= 15 is 0 Å². The standard InChI is InChI=1S/C13H25N3O/c17-13(12-4-2-1-3-5-12)15-8-11-16-9-6-14-7-10-16/h12,14H,1-11H2,(H,15,17). The number of amides is 1. The molecule has 1 heterocycles. The molecular formula is C13H25N3O. The molecule has 98 valence electrons. The molecule has 0 aromatic heterocycles. The molecule has 1 aliphatic carbocycles. The summed E-state index contributed by atoms with van der Waals surface area (Å²) in [5, 5.41) is 6.44. The van der Waals surface area contributed by atoms with Gasteiger partial charge in [-0.1, -0.05) is 19.3 Å². The van der Waals surface area contributed by atoms with Gasteiger partial charge in [-0.15, -0.1) is 0 Å². The number of nitrogens with one attached hydrogen (secondary N) is 2. The van der Waals surface area contributed by atoms with Gasteiger partial charge >= 0.3 is 0 Å². The van der Waals surface area contributed by atoms with Crippen molar-refractivity contribution in [1.82, 2.24) is 15.5 Å². The molecule has 0 aromatic rings. The van der Waals surface area contributed by atoms with Gasteiger partial charge in [-0.2, -0.15) is 0 Å². The molecule has 1 saturated carbocycles. The molecule has 0 spiro atoms. The summed E-state index contributed by atoms with van der Waals surface area (Å²) in [6.07, 6.45) is 5.97. The van der Waals surface area contributed by atoms with Crippen LogP contribution in [0.4, 0.5) is 0 Å². The Balaban J connectivity index is 1.58. The normalized spacial score (nSPS) is 23.5. The van der Waals surface area contributed by atoms with Gasteiger partial charge in [0.25, 0.3) is 0 Å². The number of piperazine rings is 1. The Morgan fingerprint density at radius 3 is 2.59 bits per heavy atom. The van der Waals surface area contributed by atoms with E-state index in [4.69, 9.17) is 0 Å². The average Bonchev–Trinajstić information content (AvgIpc) is 2.41. The minimum atomic E-state index is 0.292. The SMILES string of the molecule is O=C(NCCN1CCNCC1)C1CCCCC1. The molecule has 0 aromatic carbocycles. The van der Waals surface area contributed by atoms with Gasteiger partial charge in [-0.3, -0.25) is 9.69 Å². The summed E-state index contributed by atoms with van der Waals surface area (Å²) in [7, 11) is 0. The van der Waals surface area contributed by atoms with E-state index in [-0.39, 0.29) is 0 Å². The molecule has 0 radical (unpaired) electrons. The highest BCUT2D eigenvalue weighted by molar-refractivity contribution is 5.78. The van der Waals surface area contributed by atoms with Crippen molar-refractivity contribution < 1.29 is 4.79 Å². The first kappa shape index (κ1) is 12.8. The Morgan fingerprint density at radius 2 is 1.88 bits per heavy atom. The van der Waals surface area contributed by atoms with Gasteiger partial charge in [0.15, 0.2) is 0 Å². The van der Waals surface area contributed by atoms with Gasteiger partial charge in [-0.05, 0) is 12.8 Å². The van der Waals surface area contributed by atoms with Crippen LogP contribution in [0.3, 0.4) is 0 Å². The molecule has 0 atom stereocenters. The summed E-state index contributed by atoms with van der Waals surface area (Å²) in [4.78, 5) is 14.3. The van der Waals surface area contributed by atoms with E-state index in [1.54, 1.807) is 0 Å². The monoisotopic (exact) mass is 239 g/mol. The molecule has 1 amide bonds. The van der Waals surface area contributed by atoms with Crippen LogP contribution in [-0.2, 0) is 4.79 Å². The van der Waals surface area contributed by atoms with Crippen molar-refractivity contribution in [3.8, 4) is 0 Å². The molecule has 17 heavy (non-hydrogen) atoms. The Morgan fingerprint density at radius 1 is 1.18 bits per heavy atom. The third-order valence-electron chi connectivity index (χ3n) is 3.91. The second kappa shape index (κ2) is 6.97. The lowest BCUT2D eigenvalue weighted by atomic mass is 9.89. The zero-order valence-electron chi connectivity index (χ0n) is 10.7. The van der Waals surface area contributed by atoms with Gasteiger partial charge in [0, 0.05) is 45.2 Å². The van der Waals surface area contributed by atoms with Crippen molar-refractivity contribution >= 4 is 5.91 Å². The third kappa shape index (κ3) is 4.28. The minimum Gasteiger partial charge on any atom is -0.355 e. The van der Waals surface area contributed by atoms with E-state index in [0.717, 1.165) is 52.1 Å². The topological polar surface area (TPSA) is 44.4 Å².